The van der Waals surface area contributed by atoms with Gasteiger partial charge in [-0.3, -0.25) is 9.59 Å². The summed E-state index contributed by atoms with van der Waals surface area (Å²) in [6, 6.07) is 3.29. The summed E-state index contributed by atoms with van der Waals surface area (Å²) in [4.78, 5) is 25.8. The second-order valence-corrected chi connectivity index (χ2v) is 6.08. The van der Waals surface area contributed by atoms with Gasteiger partial charge in [0.2, 0.25) is 5.91 Å². The number of aryl methyl sites for hydroxylation is 1. The van der Waals surface area contributed by atoms with E-state index in [1.165, 1.54) is 6.07 Å². The number of ether oxygens (including phenoxy) is 1. The molecule has 0 N–H and O–H groups in total. The maximum Gasteiger partial charge on any atom is 0.250 e. The van der Waals surface area contributed by atoms with Crippen LogP contribution in [0.5, 0.6) is 0 Å². The fourth-order valence-electron chi connectivity index (χ4n) is 2.29. The van der Waals surface area contributed by atoms with Crippen LogP contribution in [0.2, 0.25) is 0 Å². The van der Waals surface area contributed by atoms with E-state index in [4.69, 9.17) is 4.74 Å². The highest BCUT2D eigenvalue weighted by atomic mass is 79.9. The lowest BCUT2D eigenvalue weighted by atomic mass is 10.2. The molecule has 1 saturated heterocycles. The van der Waals surface area contributed by atoms with Crippen molar-refractivity contribution in [1.29, 1.82) is 0 Å². The molecule has 2 atom stereocenters. The van der Waals surface area contributed by atoms with Gasteiger partial charge in [0.05, 0.1) is 18.8 Å². The third-order valence-electron chi connectivity index (χ3n) is 3.44. The number of rotatable bonds is 3. The molecule has 5 nitrogen and oxygen atoms in total. The van der Waals surface area contributed by atoms with Crippen LogP contribution in [0.1, 0.15) is 20.3 Å². The maximum atomic E-state index is 12.3. The number of morpholine rings is 1. The summed E-state index contributed by atoms with van der Waals surface area (Å²) < 4.78 is 7.90. The third kappa shape index (κ3) is 3.70. The molecule has 0 radical (unpaired) electrons. The van der Waals surface area contributed by atoms with Crippen molar-refractivity contribution in [2.24, 2.45) is 0 Å². The molecule has 1 aliphatic heterocycles. The molecule has 0 aliphatic carbocycles. The van der Waals surface area contributed by atoms with Gasteiger partial charge in [-0.1, -0.05) is 0 Å². The van der Waals surface area contributed by atoms with Crippen molar-refractivity contribution in [2.45, 2.75) is 39.0 Å². The van der Waals surface area contributed by atoms with Crippen molar-refractivity contribution in [3.8, 4) is 0 Å². The predicted octanol–water partition coefficient (Wildman–Crippen LogP) is 1.64. The number of nitrogens with zero attached hydrogens (tertiary/aromatic N) is 2. The standard InChI is InChI=1S/C14H19BrN2O3/c1-10-9-20-11(2)7-17(10)14(19)5-6-16-8-12(15)3-4-13(16)18/h3-4,8,10-11H,5-7,9H2,1-2H3. The topological polar surface area (TPSA) is 51.5 Å². The molecule has 0 bridgehead atoms. The molecule has 1 aromatic heterocycles. The summed E-state index contributed by atoms with van der Waals surface area (Å²) in [6.07, 6.45) is 2.11. The fraction of sp³-hybridized carbons (Fsp3) is 0.571. The average Bonchev–Trinajstić information content (AvgIpc) is 2.42. The third-order valence-corrected chi connectivity index (χ3v) is 3.91. The van der Waals surface area contributed by atoms with Crippen molar-refractivity contribution < 1.29 is 9.53 Å². The quantitative estimate of drug-likeness (QED) is 0.838. The minimum atomic E-state index is -0.0932. The normalized spacial score (nSPS) is 22.9. The summed E-state index contributed by atoms with van der Waals surface area (Å²) in [7, 11) is 0. The lowest BCUT2D eigenvalue weighted by molar-refractivity contribution is -0.143. The van der Waals surface area contributed by atoms with E-state index >= 15 is 0 Å². The van der Waals surface area contributed by atoms with Gasteiger partial charge in [-0.2, -0.15) is 0 Å². The van der Waals surface area contributed by atoms with Crippen LogP contribution in [0.4, 0.5) is 0 Å². The van der Waals surface area contributed by atoms with E-state index in [1.54, 1.807) is 16.8 Å². The van der Waals surface area contributed by atoms with E-state index in [2.05, 4.69) is 15.9 Å². The molecule has 2 unspecified atom stereocenters. The van der Waals surface area contributed by atoms with Crippen molar-refractivity contribution in [3.63, 3.8) is 0 Å². The van der Waals surface area contributed by atoms with Crippen LogP contribution in [0.15, 0.2) is 27.6 Å². The minimum Gasteiger partial charge on any atom is -0.375 e. The molecule has 2 rings (SSSR count). The lowest BCUT2D eigenvalue weighted by Gasteiger charge is -2.36. The van der Waals surface area contributed by atoms with E-state index < -0.39 is 0 Å². The van der Waals surface area contributed by atoms with E-state index in [1.807, 2.05) is 18.7 Å². The molecule has 1 aliphatic rings. The van der Waals surface area contributed by atoms with Crippen LogP contribution in [0.25, 0.3) is 0 Å². The Morgan fingerprint density at radius 3 is 2.95 bits per heavy atom. The molecule has 110 valence electrons. The van der Waals surface area contributed by atoms with Gasteiger partial charge in [0.25, 0.3) is 5.56 Å². The van der Waals surface area contributed by atoms with Crippen LogP contribution in [-0.2, 0) is 16.1 Å². The molecule has 1 aromatic rings. The molecule has 6 heteroatoms. The van der Waals surface area contributed by atoms with Crippen LogP contribution in [0.3, 0.4) is 0 Å². The molecule has 0 saturated carbocycles. The number of halogens is 1. The Labute approximate surface area is 126 Å². The van der Waals surface area contributed by atoms with E-state index in [0.717, 1.165) is 4.47 Å². The summed E-state index contributed by atoms with van der Waals surface area (Å²) >= 11 is 3.33. The summed E-state index contributed by atoms with van der Waals surface area (Å²) in [6.45, 7) is 5.53. The second kappa shape index (κ2) is 6.54. The number of hydrogen-bond donors (Lipinski definition) is 0. The summed E-state index contributed by atoms with van der Waals surface area (Å²) in [5, 5.41) is 0. The number of pyridine rings is 1. The first kappa shape index (κ1) is 15.3. The van der Waals surface area contributed by atoms with Crippen LogP contribution in [0, 0.1) is 0 Å². The van der Waals surface area contributed by atoms with Crippen molar-refractivity contribution in [2.75, 3.05) is 13.2 Å². The minimum absolute atomic E-state index is 0.0690. The Morgan fingerprint density at radius 1 is 1.45 bits per heavy atom. The van der Waals surface area contributed by atoms with E-state index in [-0.39, 0.29) is 23.6 Å². The summed E-state index contributed by atoms with van der Waals surface area (Å²) in [5.41, 5.74) is -0.0932. The zero-order chi connectivity index (χ0) is 14.7. The number of aromatic nitrogens is 1. The Kier molecular flexibility index (Phi) is 4.99. The second-order valence-electron chi connectivity index (χ2n) is 5.17. The highest BCUT2D eigenvalue weighted by molar-refractivity contribution is 9.10. The van der Waals surface area contributed by atoms with Crippen molar-refractivity contribution in [3.05, 3.63) is 33.2 Å². The van der Waals surface area contributed by atoms with Gasteiger partial charge in [0.1, 0.15) is 0 Å². The highest BCUT2D eigenvalue weighted by Crippen LogP contribution is 2.13. The van der Waals surface area contributed by atoms with Gasteiger partial charge in [-0.05, 0) is 35.8 Å². The first-order valence-electron chi connectivity index (χ1n) is 6.74. The lowest BCUT2D eigenvalue weighted by Crippen LogP contribution is -2.50. The van der Waals surface area contributed by atoms with E-state index in [9.17, 15) is 9.59 Å². The number of carbonyl (C=O) groups excluding carboxylic acids is 1. The number of amides is 1. The van der Waals surface area contributed by atoms with Gasteiger partial charge in [-0.25, -0.2) is 0 Å². The van der Waals surface area contributed by atoms with Crippen LogP contribution >= 0.6 is 15.9 Å². The highest BCUT2D eigenvalue weighted by Gasteiger charge is 2.27. The largest absolute Gasteiger partial charge is 0.375 e. The van der Waals surface area contributed by atoms with Gasteiger partial charge in [-0.15, -0.1) is 0 Å². The molecule has 2 heterocycles. The Morgan fingerprint density at radius 2 is 2.20 bits per heavy atom. The van der Waals surface area contributed by atoms with Gasteiger partial charge in [0.15, 0.2) is 0 Å². The van der Waals surface area contributed by atoms with Gasteiger partial charge < -0.3 is 14.2 Å². The molecule has 0 aromatic carbocycles. The molecule has 1 fully saturated rings. The molecular weight excluding hydrogens is 324 g/mol. The van der Waals surface area contributed by atoms with Crippen LogP contribution in [-0.4, -0.2) is 40.7 Å². The Hall–Kier alpha value is -1.14. The smallest absolute Gasteiger partial charge is 0.250 e. The van der Waals surface area contributed by atoms with Crippen molar-refractivity contribution >= 4 is 21.8 Å². The monoisotopic (exact) mass is 342 g/mol. The molecule has 0 spiro atoms. The SMILES string of the molecule is CC1CN(C(=O)CCn2cc(Br)ccc2=O)C(C)CO1. The maximum absolute atomic E-state index is 12.3. The van der Waals surface area contributed by atoms with Gasteiger partial charge >= 0.3 is 0 Å². The zero-order valence-electron chi connectivity index (χ0n) is 11.7. The van der Waals surface area contributed by atoms with Crippen LogP contribution < -0.4 is 5.56 Å². The molecular formula is C14H19BrN2O3. The molecule has 1 amide bonds. The first-order valence-corrected chi connectivity index (χ1v) is 7.53. The van der Waals surface area contributed by atoms with Crippen molar-refractivity contribution in [1.82, 2.24) is 9.47 Å². The molecule has 20 heavy (non-hydrogen) atoms. The Bertz CT molecular complexity index is 543. The number of hydrogen-bond acceptors (Lipinski definition) is 3. The zero-order valence-corrected chi connectivity index (χ0v) is 13.3. The predicted molar refractivity (Wildman–Crippen MR) is 79.6 cm³/mol. The fourth-order valence-corrected chi connectivity index (χ4v) is 2.67. The van der Waals surface area contributed by atoms with E-state index in [0.29, 0.717) is 26.1 Å². The number of carbonyl (C=O) groups is 1. The summed E-state index contributed by atoms with van der Waals surface area (Å²) in [5.74, 6) is 0.0690. The Balaban J connectivity index is 1.98. The first-order chi connectivity index (χ1) is 9.47. The van der Waals surface area contributed by atoms with Gasteiger partial charge in [0, 0.05) is 36.2 Å². The average molecular weight is 343 g/mol.